The summed E-state index contributed by atoms with van der Waals surface area (Å²) in [5.41, 5.74) is 3.31. The Morgan fingerprint density at radius 3 is 2.61 bits per heavy atom. The van der Waals surface area contributed by atoms with Crippen molar-refractivity contribution in [2.75, 3.05) is 11.9 Å². The Kier molecular flexibility index (Phi) is 4.74. The molecule has 4 heteroatoms. The van der Waals surface area contributed by atoms with Crippen LogP contribution < -0.4 is 10.6 Å². The molecule has 0 aliphatic rings. The van der Waals surface area contributed by atoms with Crippen molar-refractivity contribution >= 4 is 22.5 Å². The normalized spacial score (nSPS) is 10.8. The van der Waals surface area contributed by atoms with E-state index < -0.39 is 0 Å². The van der Waals surface area contributed by atoms with Gasteiger partial charge in [0, 0.05) is 44.0 Å². The highest BCUT2D eigenvalue weighted by atomic mass is 16.1. The number of rotatable bonds is 6. The molecule has 0 atom stereocenters. The molecule has 1 heterocycles. The summed E-state index contributed by atoms with van der Waals surface area (Å²) >= 11 is 0. The van der Waals surface area contributed by atoms with Crippen molar-refractivity contribution in [1.82, 2.24) is 9.88 Å². The second kappa shape index (κ2) is 7.11. The molecule has 2 N–H and O–H groups in total. The van der Waals surface area contributed by atoms with Crippen LogP contribution in [0.1, 0.15) is 12.5 Å². The van der Waals surface area contributed by atoms with Crippen LogP contribution in [0.25, 0.3) is 10.9 Å². The zero-order valence-electron chi connectivity index (χ0n) is 13.3. The molecular weight excluding hydrogens is 286 g/mol. The zero-order valence-corrected chi connectivity index (χ0v) is 13.3. The average Bonchev–Trinajstić information content (AvgIpc) is 2.96. The van der Waals surface area contributed by atoms with E-state index in [1.165, 1.54) is 23.4 Å². The first-order valence-electron chi connectivity index (χ1n) is 7.83. The van der Waals surface area contributed by atoms with Crippen molar-refractivity contribution < 1.29 is 4.79 Å². The Morgan fingerprint density at radius 1 is 1.04 bits per heavy atom. The first kappa shape index (κ1) is 15.3. The van der Waals surface area contributed by atoms with Crippen LogP contribution in [0.2, 0.25) is 0 Å². The first-order chi connectivity index (χ1) is 11.2. The average molecular weight is 307 g/mol. The maximum Gasteiger partial charge on any atom is 0.221 e. The Balaban J connectivity index is 1.49. The molecule has 4 nitrogen and oxygen atoms in total. The maximum atomic E-state index is 11.0. The highest BCUT2D eigenvalue weighted by molar-refractivity contribution is 5.88. The lowest BCUT2D eigenvalue weighted by Crippen LogP contribution is -2.19. The van der Waals surface area contributed by atoms with Crippen LogP contribution in [0.4, 0.5) is 5.69 Å². The standard InChI is InChI=1S/C19H21N3O/c1-15(23)21-18-8-6-16(7-9-18)14-20-11-13-22-12-10-17-4-2-3-5-19(17)22/h2-10,12,20H,11,13-14H2,1H3,(H,21,23). The number of carbonyl (C=O) groups is 1. The summed E-state index contributed by atoms with van der Waals surface area (Å²) < 4.78 is 2.27. The molecule has 0 spiro atoms. The fraction of sp³-hybridized carbons (Fsp3) is 0.211. The van der Waals surface area contributed by atoms with E-state index in [0.29, 0.717) is 0 Å². The minimum absolute atomic E-state index is 0.0465. The number of benzene rings is 2. The topological polar surface area (TPSA) is 46.1 Å². The van der Waals surface area contributed by atoms with Gasteiger partial charge in [0.05, 0.1) is 0 Å². The van der Waals surface area contributed by atoms with Crippen LogP contribution in [-0.2, 0) is 17.9 Å². The third-order valence-electron chi connectivity index (χ3n) is 3.81. The quantitative estimate of drug-likeness (QED) is 0.686. The Bertz CT molecular complexity index is 790. The van der Waals surface area contributed by atoms with Gasteiger partial charge >= 0.3 is 0 Å². The van der Waals surface area contributed by atoms with E-state index in [2.05, 4.69) is 51.7 Å². The number of para-hydroxylation sites is 1. The van der Waals surface area contributed by atoms with Gasteiger partial charge in [0.2, 0.25) is 5.91 Å². The van der Waals surface area contributed by atoms with Crippen molar-refractivity contribution in [3.05, 3.63) is 66.4 Å². The number of carbonyl (C=O) groups excluding carboxylic acids is 1. The molecule has 0 bridgehead atoms. The summed E-state index contributed by atoms with van der Waals surface area (Å²) in [6, 6.07) is 18.5. The molecule has 118 valence electrons. The lowest BCUT2D eigenvalue weighted by molar-refractivity contribution is -0.114. The smallest absolute Gasteiger partial charge is 0.221 e. The predicted molar refractivity (Wildman–Crippen MR) is 94.4 cm³/mol. The number of hydrogen-bond donors (Lipinski definition) is 2. The molecular formula is C19H21N3O. The number of nitrogens with zero attached hydrogens (tertiary/aromatic N) is 1. The van der Waals surface area contributed by atoms with Gasteiger partial charge in [0.25, 0.3) is 0 Å². The van der Waals surface area contributed by atoms with E-state index in [9.17, 15) is 4.79 Å². The van der Waals surface area contributed by atoms with Gasteiger partial charge in [-0.25, -0.2) is 0 Å². The molecule has 3 rings (SSSR count). The van der Waals surface area contributed by atoms with Crippen molar-refractivity contribution in [3.8, 4) is 0 Å². The van der Waals surface area contributed by atoms with Gasteiger partial charge in [0.15, 0.2) is 0 Å². The molecule has 1 aromatic heterocycles. The molecule has 0 fully saturated rings. The SMILES string of the molecule is CC(=O)Nc1ccc(CNCCn2ccc3ccccc32)cc1. The molecule has 3 aromatic rings. The summed E-state index contributed by atoms with van der Waals surface area (Å²) in [5, 5.41) is 7.51. The van der Waals surface area contributed by atoms with Crippen molar-refractivity contribution in [2.24, 2.45) is 0 Å². The summed E-state index contributed by atoms with van der Waals surface area (Å²) in [6.07, 6.45) is 2.13. The minimum atomic E-state index is -0.0465. The van der Waals surface area contributed by atoms with Crippen LogP contribution in [0.3, 0.4) is 0 Å². The van der Waals surface area contributed by atoms with Gasteiger partial charge in [-0.15, -0.1) is 0 Å². The van der Waals surface area contributed by atoms with Crippen LogP contribution in [0.15, 0.2) is 60.8 Å². The minimum Gasteiger partial charge on any atom is -0.346 e. The summed E-state index contributed by atoms with van der Waals surface area (Å²) in [4.78, 5) is 11.0. The van der Waals surface area contributed by atoms with E-state index in [1.807, 2.05) is 24.3 Å². The molecule has 2 aromatic carbocycles. The van der Waals surface area contributed by atoms with Crippen molar-refractivity contribution in [1.29, 1.82) is 0 Å². The van der Waals surface area contributed by atoms with E-state index in [-0.39, 0.29) is 5.91 Å². The van der Waals surface area contributed by atoms with E-state index >= 15 is 0 Å². The van der Waals surface area contributed by atoms with Gasteiger partial charge in [-0.3, -0.25) is 4.79 Å². The monoisotopic (exact) mass is 307 g/mol. The number of anilines is 1. The van der Waals surface area contributed by atoms with Gasteiger partial charge in [0.1, 0.15) is 0 Å². The molecule has 0 saturated heterocycles. The van der Waals surface area contributed by atoms with Crippen molar-refractivity contribution in [2.45, 2.75) is 20.0 Å². The largest absolute Gasteiger partial charge is 0.346 e. The molecule has 0 aliphatic heterocycles. The number of hydrogen-bond acceptors (Lipinski definition) is 2. The number of amides is 1. The molecule has 0 radical (unpaired) electrons. The maximum absolute atomic E-state index is 11.0. The third kappa shape index (κ3) is 3.99. The number of fused-ring (bicyclic) bond motifs is 1. The van der Waals surface area contributed by atoms with E-state index in [0.717, 1.165) is 25.3 Å². The highest BCUT2D eigenvalue weighted by Crippen LogP contribution is 2.14. The van der Waals surface area contributed by atoms with Gasteiger partial charge < -0.3 is 15.2 Å². The number of nitrogens with one attached hydrogen (secondary N) is 2. The molecule has 1 amide bonds. The van der Waals surface area contributed by atoms with Crippen LogP contribution in [0, 0.1) is 0 Å². The zero-order chi connectivity index (χ0) is 16.1. The number of aromatic nitrogens is 1. The van der Waals surface area contributed by atoms with Crippen molar-refractivity contribution in [3.63, 3.8) is 0 Å². The van der Waals surface area contributed by atoms with Crippen LogP contribution in [-0.4, -0.2) is 17.0 Å². The lowest BCUT2D eigenvalue weighted by atomic mass is 10.2. The summed E-state index contributed by atoms with van der Waals surface area (Å²) in [7, 11) is 0. The Morgan fingerprint density at radius 2 is 1.83 bits per heavy atom. The fourth-order valence-electron chi connectivity index (χ4n) is 2.68. The van der Waals surface area contributed by atoms with Gasteiger partial charge in [-0.1, -0.05) is 30.3 Å². The Labute approximate surface area is 136 Å². The second-order valence-corrected chi connectivity index (χ2v) is 5.62. The van der Waals surface area contributed by atoms with Gasteiger partial charge in [-0.05, 0) is 35.2 Å². The summed E-state index contributed by atoms with van der Waals surface area (Å²) in [5.74, 6) is -0.0465. The van der Waals surface area contributed by atoms with E-state index in [1.54, 1.807) is 0 Å². The molecule has 0 saturated carbocycles. The third-order valence-corrected chi connectivity index (χ3v) is 3.81. The molecule has 0 unspecified atom stereocenters. The lowest BCUT2D eigenvalue weighted by Gasteiger charge is -2.08. The first-order valence-corrected chi connectivity index (χ1v) is 7.83. The molecule has 23 heavy (non-hydrogen) atoms. The van der Waals surface area contributed by atoms with Crippen LogP contribution in [0.5, 0.6) is 0 Å². The fourth-order valence-corrected chi connectivity index (χ4v) is 2.68. The van der Waals surface area contributed by atoms with Crippen LogP contribution >= 0.6 is 0 Å². The Hall–Kier alpha value is -2.59. The summed E-state index contributed by atoms with van der Waals surface area (Å²) in [6.45, 7) is 4.18. The van der Waals surface area contributed by atoms with E-state index in [4.69, 9.17) is 0 Å². The highest BCUT2D eigenvalue weighted by Gasteiger charge is 2.00. The predicted octanol–water partition coefficient (Wildman–Crippen LogP) is 3.39. The van der Waals surface area contributed by atoms with Gasteiger partial charge in [-0.2, -0.15) is 0 Å². The molecule has 0 aliphatic carbocycles. The second-order valence-electron chi connectivity index (χ2n) is 5.62.